The highest BCUT2D eigenvalue weighted by molar-refractivity contribution is 5.85. The molecule has 3 nitrogen and oxygen atoms in total. The minimum absolute atomic E-state index is 0.216. The normalized spacial score (nSPS) is 35.1. The fraction of sp³-hybridized carbons (Fsp3) is 0.909. The van der Waals surface area contributed by atoms with Crippen LogP contribution in [-0.4, -0.2) is 43.0 Å². The zero-order valence-corrected chi connectivity index (χ0v) is 8.87. The van der Waals surface area contributed by atoms with Crippen molar-refractivity contribution in [2.75, 3.05) is 20.2 Å². The van der Waals surface area contributed by atoms with Gasteiger partial charge < -0.3 is 4.74 Å². The van der Waals surface area contributed by atoms with Gasteiger partial charge in [0.25, 0.3) is 0 Å². The molecule has 0 spiro atoms. The third-order valence-corrected chi connectivity index (χ3v) is 3.46. The highest BCUT2D eigenvalue weighted by Crippen LogP contribution is 2.24. The lowest BCUT2D eigenvalue weighted by Gasteiger charge is -2.35. The van der Waals surface area contributed by atoms with E-state index in [1.807, 2.05) is 0 Å². The number of carbonyl (C=O) groups is 1. The Kier molecular flexibility index (Phi) is 3.19. The van der Waals surface area contributed by atoms with Crippen LogP contribution in [0.4, 0.5) is 0 Å². The fourth-order valence-corrected chi connectivity index (χ4v) is 2.63. The van der Waals surface area contributed by atoms with Gasteiger partial charge in [-0.05, 0) is 32.2 Å². The minimum atomic E-state index is 0.216. The van der Waals surface area contributed by atoms with Gasteiger partial charge in [-0.15, -0.1) is 0 Å². The van der Waals surface area contributed by atoms with Gasteiger partial charge in [0, 0.05) is 20.1 Å². The number of hydrogen-bond acceptors (Lipinski definition) is 3. The van der Waals surface area contributed by atoms with E-state index in [1.54, 1.807) is 7.11 Å². The Balaban J connectivity index is 1.93. The molecule has 3 heteroatoms. The molecule has 2 fully saturated rings. The van der Waals surface area contributed by atoms with Gasteiger partial charge in [0.15, 0.2) is 0 Å². The summed E-state index contributed by atoms with van der Waals surface area (Å²) in [4.78, 5) is 13.9. The molecule has 1 heterocycles. The molecule has 14 heavy (non-hydrogen) atoms. The number of methoxy groups -OCH3 is 1. The second-order valence-electron chi connectivity index (χ2n) is 4.37. The molecular weight excluding hydrogens is 178 g/mol. The number of nitrogens with zero attached hydrogens (tertiary/aromatic N) is 1. The number of Topliss-reactive ketones (excluding diaryl/α,β-unsaturated/α-hetero) is 1. The van der Waals surface area contributed by atoms with Crippen LogP contribution in [-0.2, 0) is 9.53 Å². The lowest BCUT2D eigenvalue weighted by molar-refractivity contribution is -0.123. The molecule has 80 valence electrons. The largest absolute Gasteiger partial charge is 0.380 e. The van der Waals surface area contributed by atoms with Crippen molar-refractivity contribution < 1.29 is 9.53 Å². The van der Waals surface area contributed by atoms with E-state index in [4.69, 9.17) is 4.74 Å². The Morgan fingerprint density at radius 3 is 2.86 bits per heavy atom. The van der Waals surface area contributed by atoms with Crippen molar-refractivity contribution in [2.45, 2.75) is 44.2 Å². The van der Waals surface area contributed by atoms with Gasteiger partial charge in [-0.25, -0.2) is 0 Å². The molecule has 1 saturated heterocycles. The Hall–Kier alpha value is -0.410. The number of ether oxygens (including phenoxy) is 1. The summed E-state index contributed by atoms with van der Waals surface area (Å²) in [5, 5.41) is 0. The lowest BCUT2D eigenvalue weighted by atomic mass is 10.0. The molecule has 0 aromatic heterocycles. The first-order valence-corrected chi connectivity index (χ1v) is 5.61. The SMILES string of the molecule is COC1CCCN(C2CCCC2=O)C1. The summed E-state index contributed by atoms with van der Waals surface area (Å²) in [5.41, 5.74) is 0. The van der Waals surface area contributed by atoms with Gasteiger partial charge in [-0.1, -0.05) is 0 Å². The Morgan fingerprint density at radius 2 is 2.21 bits per heavy atom. The summed E-state index contributed by atoms with van der Waals surface area (Å²) in [6.45, 7) is 2.03. The third kappa shape index (κ3) is 1.98. The second-order valence-corrected chi connectivity index (χ2v) is 4.37. The summed E-state index contributed by atoms with van der Waals surface area (Å²) in [5.74, 6) is 0.446. The molecule has 0 aromatic carbocycles. The minimum Gasteiger partial charge on any atom is -0.380 e. The summed E-state index contributed by atoms with van der Waals surface area (Å²) in [7, 11) is 1.77. The quantitative estimate of drug-likeness (QED) is 0.666. The predicted octanol–water partition coefficient (Wildman–Crippen LogP) is 1.22. The van der Waals surface area contributed by atoms with Crippen molar-refractivity contribution >= 4 is 5.78 Å². The van der Waals surface area contributed by atoms with Gasteiger partial charge in [0.05, 0.1) is 12.1 Å². The Morgan fingerprint density at radius 1 is 1.36 bits per heavy atom. The second kappa shape index (κ2) is 4.41. The fourth-order valence-electron chi connectivity index (χ4n) is 2.63. The number of piperidine rings is 1. The number of hydrogen-bond donors (Lipinski definition) is 0. The number of carbonyl (C=O) groups excluding carboxylic acids is 1. The van der Waals surface area contributed by atoms with E-state index in [9.17, 15) is 4.79 Å². The van der Waals surface area contributed by atoms with Crippen LogP contribution in [0.1, 0.15) is 32.1 Å². The van der Waals surface area contributed by atoms with Crippen LogP contribution >= 0.6 is 0 Å². The van der Waals surface area contributed by atoms with Crippen LogP contribution in [0.25, 0.3) is 0 Å². The van der Waals surface area contributed by atoms with Crippen LogP contribution < -0.4 is 0 Å². The van der Waals surface area contributed by atoms with E-state index in [2.05, 4.69) is 4.90 Å². The van der Waals surface area contributed by atoms with E-state index >= 15 is 0 Å². The molecule has 0 bridgehead atoms. The lowest BCUT2D eigenvalue weighted by Crippen LogP contribution is -2.46. The molecule has 2 atom stereocenters. The van der Waals surface area contributed by atoms with Crippen LogP contribution in [0.5, 0.6) is 0 Å². The highest BCUT2D eigenvalue weighted by atomic mass is 16.5. The molecule has 0 N–H and O–H groups in total. The summed E-state index contributed by atoms with van der Waals surface area (Å²) in [6.07, 6.45) is 5.60. The highest BCUT2D eigenvalue weighted by Gasteiger charge is 2.32. The predicted molar refractivity (Wildman–Crippen MR) is 54.3 cm³/mol. The van der Waals surface area contributed by atoms with Crippen molar-refractivity contribution in [3.05, 3.63) is 0 Å². The first kappa shape index (κ1) is 10.1. The van der Waals surface area contributed by atoms with Crippen LogP contribution in [0.2, 0.25) is 0 Å². The van der Waals surface area contributed by atoms with Gasteiger partial charge in [-0.3, -0.25) is 9.69 Å². The van der Waals surface area contributed by atoms with Crippen LogP contribution in [0.3, 0.4) is 0 Å². The average Bonchev–Trinajstić information content (AvgIpc) is 2.65. The zero-order valence-electron chi connectivity index (χ0n) is 8.87. The molecule has 1 aliphatic heterocycles. The third-order valence-electron chi connectivity index (χ3n) is 3.46. The average molecular weight is 197 g/mol. The topological polar surface area (TPSA) is 29.5 Å². The van der Waals surface area contributed by atoms with Gasteiger partial charge >= 0.3 is 0 Å². The van der Waals surface area contributed by atoms with Crippen molar-refractivity contribution in [2.24, 2.45) is 0 Å². The zero-order chi connectivity index (χ0) is 9.97. The maximum Gasteiger partial charge on any atom is 0.149 e. The maximum atomic E-state index is 11.6. The van der Waals surface area contributed by atoms with E-state index in [0.29, 0.717) is 11.9 Å². The van der Waals surface area contributed by atoms with E-state index in [1.165, 1.54) is 6.42 Å². The van der Waals surface area contributed by atoms with Crippen molar-refractivity contribution in [1.82, 2.24) is 4.90 Å². The molecule has 1 aliphatic carbocycles. The van der Waals surface area contributed by atoms with Gasteiger partial charge in [0.2, 0.25) is 0 Å². The Bertz CT molecular complexity index is 217. The van der Waals surface area contributed by atoms with Crippen LogP contribution in [0.15, 0.2) is 0 Å². The van der Waals surface area contributed by atoms with E-state index in [0.717, 1.165) is 38.8 Å². The molecule has 0 radical (unpaired) electrons. The van der Waals surface area contributed by atoms with Crippen molar-refractivity contribution in [3.8, 4) is 0 Å². The molecule has 2 aliphatic rings. The summed E-state index contributed by atoms with van der Waals surface area (Å²) in [6, 6.07) is 0.216. The molecule has 0 amide bonds. The summed E-state index contributed by atoms with van der Waals surface area (Å²) < 4.78 is 5.36. The molecule has 0 aromatic rings. The van der Waals surface area contributed by atoms with Crippen molar-refractivity contribution in [1.29, 1.82) is 0 Å². The van der Waals surface area contributed by atoms with E-state index in [-0.39, 0.29) is 6.04 Å². The van der Waals surface area contributed by atoms with Gasteiger partial charge in [-0.2, -0.15) is 0 Å². The molecule has 1 saturated carbocycles. The molecule has 2 rings (SSSR count). The maximum absolute atomic E-state index is 11.6. The number of likely N-dealkylation sites (tertiary alicyclic amines) is 1. The smallest absolute Gasteiger partial charge is 0.149 e. The first-order valence-electron chi connectivity index (χ1n) is 5.61. The van der Waals surface area contributed by atoms with Gasteiger partial charge in [0.1, 0.15) is 5.78 Å². The molecular formula is C11H19NO2. The standard InChI is InChI=1S/C11H19NO2/c1-14-9-4-3-7-12(8-9)10-5-2-6-11(10)13/h9-10H,2-8H2,1H3. The summed E-state index contributed by atoms with van der Waals surface area (Å²) >= 11 is 0. The first-order chi connectivity index (χ1) is 6.81. The molecule has 2 unspecified atom stereocenters. The Labute approximate surface area is 85.4 Å². The van der Waals surface area contributed by atoms with Crippen LogP contribution in [0, 0.1) is 0 Å². The number of rotatable bonds is 2. The number of ketones is 1. The monoisotopic (exact) mass is 197 g/mol. The van der Waals surface area contributed by atoms with E-state index < -0.39 is 0 Å². The van der Waals surface area contributed by atoms with Crippen molar-refractivity contribution in [3.63, 3.8) is 0 Å².